The molecule has 0 fully saturated rings. The summed E-state index contributed by atoms with van der Waals surface area (Å²) < 4.78 is 1.85. The third kappa shape index (κ3) is 3.75. The first-order valence-corrected chi connectivity index (χ1v) is 9.45. The van der Waals surface area contributed by atoms with Crippen LogP contribution in [0.3, 0.4) is 0 Å². The molecule has 7 heteroatoms. The Hall–Kier alpha value is -1.40. The molecule has 0 amide bonds. The summed E-state index contributed by atoms with van der Waals surface area (Å²) in [6.45, 7) is 2.72. The number of thiophene rings is 1. The van der Waals surface area contributed by atoms with Gasteiger partial charge in [-0.15, -0.1) is 22.7 Å². The largest absolute Gasteiger partial charge is 0.258 e. The minimum absolute atomic E-state index is 0.573. The van der Waals surface area contributed by atoms with E-state index in [-0.39, 0.29) is 0 Å². The topological polar surface area (TPSA) is 29.6 Å². The summed E-state index contributed by atoms with van der Waals surface area (Å²) in [6.07, 6.45) is 1.73. The molecule has 2 heterocycles. The van der Waals surface area contributed by atoms with Gasteiger partial charge in [-0.2, -0.15) is 5.10 Å². The summed E-state index contributed by atoms with van der Waals surface area (Å²) >= 11 is 15.4. The second kappa shape index (κ2) is 7.45. The van der Waals surface area contributed by atoms with E-state index in [4.69, 9.17) is 23.2 Å². The van der Waals surface area contributed by atoms with Gasteiger partial charge >= 0.3 is 0 Å². The first-order chi connectivity index (χ1) is 11.2. The molecule has 0 atom stereocenters. The third-order valence-electron chi connectivity index (χ3n) is 3.03. The van der Waals surface area contributed by atoms with E-state index in [9.17, 15) is 0 Å². The lowest BCUT2D eigenvalue weighted by Crippen LogP contribution is -2.12. The number of benzene rings is 1. The van der Waals surface area contributed by atoms with Crippen molar-refractivity contribution in [2.75, 3.05) is 6.54 Å². The zero-order valence-electron chi connectivity index (χ0n) is 12.2. The van der Waals surface area contributed by atoms with E-state index >= 15 is 0 Å². The lowest BCUT2D eigenvalue weighted by molar-refractivity contribution is 0.834. The summed E-state index contributed by atoms with van der Waals surface area (Å²) in [5.41, 5.74) is 1.84. The number of halogens is 2. The summed E-state index contributed by atoms with van der Waals surface area (Å²) in [4.78, 5) is 6.51. The fourth-order valence-electron chi connectivity index (χ4n) is 1.98. The maximum absolute atomic E-state index is 6.21. The molecular formula is C16H13Cl2N3S2. The number of thiazole rings is 1. The van der Waals surface area contributed by atoms with Gasteiger partial charge in [0.25, 0.3) is 0 Å². The van der Waals surface area contributed by atoms with Gasteiger partial charge in [-0.25, -0.2) is 4.68 Å². The Morgan fingerprint density at radius 2 is 2.09 bits per heavy atom. The van der Waals surface area contributed by atoms with Crippen molar-refractivity contribution in [1.29, 1.82) is 0 Å². The quantitative estimate of drug-likeness (QED) is 0.542. The van der Waals surface area contributed by atoms with Crippen LogP contribution in [0.5, 0.6) is 0 Å². The number of rotatable bonds is 4. The van der Waals surface area contributed by atoms with Crippen LogP contribution in [-0.4, -0.2) is 17.4 Å². The molecule has 2 aromatic heterocycles. The van der Waals surface area contributed by atoms with Gasteiger partial charge in [0.15, 0.2) is 0 Å². The highest BCUT2D eigenvalue weighted by Gasteiger charge is 2.08. The first-order valence-electron chi connectivity index (χ1n) is 6.93. The van der Waals surface area contributed by atoms with Crippen molar-refractivity contribution in [1.82, 2.24) is 4.68 Å². The molecule has 0 spiro atoms. The van der Waals surface area contributed by atoms with Crippen LogP contribution in [0, 0.1) is 0 Å². The van der Waals surface area contributed by atoms with E-state index in [0.29, 0.717) is 16.6 Å². The fourth-order valence-corrected chi connectivity index (χ4v) is 4.13. The fraction of sp³-hybridized carbons (Fsp3) is 0.125. The van der Waals surface area contributed by atoms with E-state index < -0.39 is 0 Å². The third-order valence-corrected chi connectivity index (χ3v) is 5.34. The highest BCUT2D eigenvalue weighted by Crippen LogP contribution is 2.25. The Bertz CT molecular complexity index is 892. The van der Waals surface area contributed by atoms with Crippen LogP contribution in [0.25, 0.3) is 10.6 Å². The Morgan fingerprint density at radius 3 is 2.78 bits per heavy atom. The van der Waals surface area contributed by atoms with Crippen molar-refractivity contribution in [2.24, 2.45) is 10.1 Å². The van der Waals surface area contributed by atoms with Gasteiger partial charge in [-0.3, -0.25) is 4.99 Å². The van der Waals surface area contributed by atoms with Gasteiger partial charge in [0.2, 0.25) is 4.80 Å². The van der Waals surface area contributed by atoms with Gasteiger partial charge in [0, 0.05) is 22.5 Å². The Morgan fingerprint density at radius 1 is 1.22 bits per heavy atom. The van der Waals surface area contributed by atoms with Crippen LogP contribution in [0.4, 0.5) is 0 Å². The normalized spacial score (nSPS) is 12.4. The molecule has 3 aromatic rings. The van der Waals surface area contributed by atoms with E-state index in [0.717, 1.165) is 20.9 Å². The van der Waals surface area contributed by atoms with Crippen molar-refractivity contribution < 1.29 is 0 Å². The zero-order valence-corrected chi connectivity index (χ0v) is 15.4. The lowest BCUT2D eigenvalue weighted by Gasteiger charge is -2.02. The standard InChI is InChI=1S/C16H13Cl2N3S2/c1-2-19-16-21(14(10-23-16)15-4-3-7-22-15)20-9-11-5-6-12(17)8-13(11)18/h3-10H,2H2,1H3. The molecule has 3 nitrogen and oxygen atoms in total. The monoisotopic (exact) mass is 381 g/mol. The molecule has 0 saturated heterocycles. The van der Waals surface area contributed by atoms with Gasteiger partial charge < -0.3 is 0 Å². The van der Waals surface area contributed by atoms with Crippen LogP contribution in [0.2, 0.25) is 10.0 Å². The van der Waals surface area contributed by atoms with Crippen molar-refractivity contribution >= 4 is 52.1 Å². The van der Waals surface area contributed by atoms with E-state index in [1.165, 1.54) is 0 Å². The Labute approximate surface area is 152 Å². The van der Waals surface area contributed by atoms with Crippen molar-refractivity contribution in [3.63, 3.8) is 0 Å². The lowest BCUT2D eigenvalue weighted by atomic mass is 10.2. The molecule has 0 aliphatic carbocycles. The highest BCUT2D eigenvalue weighted by molar-refractivity contribution is 7.14. The van der Waals surface area contributed by atoms with Crippen molar-refractivity contribution in [3.8, 4) is 10.6 Å². The van der Waals surface area contributed by atoms with Crippen LogP contribution in [0.15, 0.2) is 51.2 Å². The second-order valence-corrected chi connectivity index (χ2v) is 7.21. The summed E-state index contributed by atoms with van der Waals surface area (Å²) in [6, 6.07) is 9.45. The minimum Gasteiger partial charge on any atom is -0.258 e. The van der Waals surface area contributed by atoms with Gasteiger partial charge in [-0.1, -0.05) is 35.3 Å². The molecule has 0 aliphatic heterocycles. The average Bonchev–Trinajstić information content (AvgIpc) is 3.16. The number of hydrogen-bond acceptors (Lipinski definition) is 4. The van der Waals surface area contributed by atoms with Crippen molar-refractivity contribution in [3.05, 3.63) is 61.5 Å². The van der Waals surface area contributed by atoms with E-state index in [1.807, 2.05) is 29.1 Å². The highest BCUT2D eigenvalue weighted by atomic mass is 35.5. The van der Waals surface area contributed by atoms with Crippen LogP contribution >= 0.6 is 45.9 Å². The van der Waals surface area contributed by atoms with Crippen molar-refractivity contribution in [2.45, 2.75) is 6.92 Å². The molecule has 3 rings (SSSR count). The predicted octanol–water partition coefficient (Wildman–Crippen LogP) is 5.39. The zero-order chi connectivity index (χ0) is 16.2. The maximum Gasteiger partial charge on any atom is 0.206 e. The summed E-state index contributed by atoms with van der Waals surface area (Å²) in [5.74, 6) is 0. The molecule has 0 radical (unpaired) electrons. The minimum atomic E-state index is 0.573. The number of nitrogens with zero attached hydrogens (tertiary/aromatic N) is 3. The van der Waals surface area contributed by atoms with Crippen LogP contribution in [0.1, 0.15) is 12.5 Å². The molecule has 0 unspecified atom stereocenters. The molecule has 0 aliphatic rings. The summed E-state index contributed by atoms with van der Waals surface area (Å²) in [5, 5.41) is 9.89. The molecule has 118 valence electrons. The average molecular weight is 382 g/mol. The first kappa shape index (κ1) is 16.5. The van der Waals surface area contributed by atoms with Crippen LogP contribution in [-0.2, 0) is 0 Å². The van der Waals surface area contributed by atoms with Gasteiger partial charge in [-0.05, 0) is 30.5 Å². The molecular weight excluding hydrogens is 369 g/mol. The molecule has 0 N–H and O–H groups in total. The predicted molar refractivity (Wildman–Crippen MR) is 101 cm³/mol. The van der Waals surface area contributed by atoms with Gasteiger partial charge in [0.05, 0.1) is 21.8 Å². The second-order valence-electron chi connectivity index (χ2n) is 4.58. The smallest absolute Gasteiger partial charge is 0.206 e. The Kier molecular flexibility index (Phi) is 5.33. The van der Waals surface area contributed by atoms with E-state index in [1.54, 1.807) is 41.0 Å². The van der Waals surface area contributed by atoms with E-state index in [2.05, 4.69) is 21.5 Å². The maximum atomic E-state index is 6.21. The molecule has 1 aromatic carbocycles. The SMILES string of the molecule is CCN=c1scc(-c2cccs2)n1N=Cc1ccc(Cl)cc1Cl. The Balaban J connectivity index is 2.06. The number of aromatic nitrogens is 1. The summed E-state index contributed by atoms with van der Waals surface area (Å²) in [7, 11) is 0. The van der Waals surface area contributed by atoms with Crippen LogP contribution < -0.4 is 4.80 Å². The molecule has 0 bridgehead atoms. The molecule has 0 saturated carbocycles. The number of hydrogen-bond donors (Lipinski definition) is 0. The molecule has 23 heavy (non-hydrogen) atoms. The van der Waals surface area contributed by atoms with Gasteiger partial charge in [0.1, 0.15) is 0 Å².